The van der Waals surface area contributed by atoms with E-state index in [1.54, 1.807) is 6.07 Å². The number of amides is 2. The maximum Gasteiger partial charge on any atom is 0.251 e. The SMILES string of the molecule is CCCNC(=O)c1ccc2c(c1)CCCC(=O)N2. The predicted octanol–water partition coefficient (Wildman–Crippen LogP) is 2.10. The van der Waals surface area contributed by atoms with Gasteiger partial charge in [-0.3, -0.25) is 9.59 Å². The van der Waals surface area contributed by atoms with Crippen molar-refractivity contribution in [1.82, 2.24) is 5.32 Å². The highest BCUT2D eigenvalue weighted by Crippen LogP contribution is 2.23. The van der Waals surface area contributed by atoms with Crippen molar-refractivity contribution in [2.24, 2.45) is 0 Å². The van der Waals surface area contributed by atoms with Gasteiger partial charge in [0.1, 0.15) is 0 Å². The number of hydrogen-bond donors (Lipinski definition) is 2. The van der Waals surface area contributed by atoms with Crippen molar-refractivity contribution in [3.8, 4) is 0 Å². The van der Waals surface area contributed by atoms with Crippen LogP contribution in [0.1, 0.15) is 42.1 Å². The second-order valence-electron chi connectivity index (χ2n) is 4.53. The fourth-order valence-electron chi connectivity index (χ4n) is 2.06. The quantitative estimate of drug-likeness (QED) is 0.858. The van der Waals surface area contributed by atoms with E-state index in [0.717, 1.165) is 30.5 Å². The molecule has 1 aliphatic rings. The molecule has 1 aliphatic heterocycles. The smallest absolute Gasteiger partial charge is 0.251 e. The van der Waals surface area contributed by atoms with Gasteiger partial charge in [-0.15, -0.1) is 0 Å². The van der Waals surface area contributed by atoms with Crippen LogP contribution in [0.2, 0.25) is 0 Å². The number of nitrogens with one attached hydrogen (secondary N) is 2. The Bertz CT molecular complexity index is 469. The normalized spacial score (nSPS) is 14.4. The molecule has 0 unspecified atom stereocenters. The second-order valence-corrected chi connectivity index (χ2v) is 4.53. The first-order valence-corrected chi connectivity index (χ1v) is 6.41. The lowest BCUT2D eigenvalue weighted by Crippen LogP contribution is -2.24. The molecular weight excluding hydrogens is 228 g/mol. The molecular formula is C14H18N2O2. The van der Waals surface area contributed by atoms with E-state index >= 15 is 0 Å². The summed E-state index contributed by atoms with van der Waals surface area (Å²) in [7, 11) is 0. The molecule has 4 nitrogen and oxygen atoms in total. The average Bonchev–Trinajstić information content (AvgIpc) is 2.55. The van der Waals surface area contributed by atoms with E-state index in [1.165, 1.54) is 0 Å². The summed E-state index contributed by atoms with van der Waals surface area (Å²) in [6, 6.07) is 5.46. The zero-order valence-corrected chi connectivity index (χ0v) is 10.6. The molecule has 0 spiro atoms. The molecule has 96 valence electrons. The first-order valence-electron chi connectivity index (χ1n) is 6.41. The van der Waals surface area contributed by atoms with Crippen LogP contribution in [0.3, 0.4) is 0 Å². The van der Waals surface area contributed by atoms with Crippen LogP contribution in [0.5, 0.6) is 0 Å². The highest BCUT2D eigenvalue weighted by Gasteiger charge is 2.14. The van der Waals surface area contributed by atoms with Crippen LogP contribution in [0.4, 0.5) is 5.69 Å². The molecule has 0 saturated carbocycles. The van der Waals surface area contributed by atoms with E-state index in [1.807, 2.05) is 19.1 Å². The van der Waals surface area contributed by atoms with Crippen LogP contribution in [-0.4, -0.2) is 18.4 Å². The van der Waals surface area contributed by atoms with Gasteiger partial charge in [-0.2, -0.15) is 0 Å². The van der Waals surface area contributed by atoms with E-state index in [-0.39, 0.29) is 11.8 Å². The molecule has 0 radical (unpaired) electrons. The fraction of sp³-hybridized carbons (Fsp3) is 0.429. The minimum absolute atomic E-state index is 0.0461. The van der Waals surface area contributed by atoms with Gasteiger partial charge < -0.3 is 10.6 Å². The molecule has 1 heterocycles. The van der Waals surface area contributed by atoms with Crippen LogP contribution < -0.4 is 10.6 Å². The van der Waals surface area contributed by atoms with Crippen molar-refractivity contribution >= 4 is 17.5 Å². The molecule has 1 aromatic carbocycles. The molecule has 0 saturated heterocycles. The number of aryl methyl sites for hydroxylation is 1. The van der Waals surface area contributed by atoms with Crippen molar-refractivity contribution < 1.29 is 9.59 Å². The largest absolute Gasteiger partial charge is 0.352 e. The summed E-state index contributed by atoms with van der Waals surface area (Å²) < 4.78 is 0. The summed E-state index contributed by atoms with van der Waals surface area (Å²) in [6.45, 7) is 2.71. The number of anilines is 1. The van der Waals surface area contributed by atoms with Gasteiger partial charge in [0.2, 0.25) is 5.91 Å². The van der Waals surface area contributed by atoms with Crippen LogP contribution in [0.25, 0.3) is 0 Å². The molecule has 18 heavy (non-hydrogen) atoms. The minimum atomic E-state index is -0.0461. The van der Waals surface area contributed by atoms with Crippen LogP contribution in [0.15, 0.2) is 18.2 Å². The highest BCUT2D eigenvalue weighted by atomic mass is 16.2. The topological polar surface area (TPSA) is 58.2 Å². The molecule has 2 rings (SSSR count). The van der Waals surface area contributed by atoms with Gasteiger partial charge in [-0.1, -0.05) is 6.92 Å². The van der Waals surface area contributed by atoms with Crippen molar-refractivity contribution in [3.63, 3.8) is 0 Å². The fourth-order valence-corrected chi connectivity index (χ4v) is 2.06. The lowest BCUT2D eigenvalue weighted by atomic mass is 10.0. The lowest BCUT2D eigenvalue weighted by Gasteiger charge is -2.09. The summed E-state index contributed by atoms with van der Waals surface area (Å²) >= 11 is 0. The van der Waals surface area contributed by atoms with Crippen molar-refractivity contribution in [2.75, 3.05) is 11.9 Å². The van der Waals surface area contributed by atoms with E-state index in [2.05, 4.69) is 10.6 Å². The molecule has 4 heteroatoms. The van der Waals surface area contributed by atoms with Gasteiger partial charge in [0.25, 0.3) is 5.91 Å². The van der Waals surface area contributed by atoms with Gasteiger partial charge >= 0.3 is 0 Å². The summed E-state index contributed by atoms with van der Waals surface area (Å²) in [5.41, 5.74) is 2.55. The van der Waals surface area contributed by atoms with Gasteiger partial charge in [0.15, 0.2) is 0 Å². The number of rotatable bonds is 3. The van der Waals surface area contributed by atoms with E-state index in [4.69, 9.17) is 0 Å². The number of hydrogen-bond acceptors (Lipinski definition) is 2. The first kappa shape index (κ1) is 12.6. The minimum Gasteiger partial charge on any atom is -0.352 e. The summed E-state index contributed by atoms with van der Waals surface area (Å²) in [4.78, 5) is 23.3. The number of benzene rings is 1. The first-order chi connectivity index (χ1) is 8.70. The van der Waals surface area contributed by atoms with Crippen LogP contribution in [-0.2, 0) is 11.2 Å². The zero-order valence-electron chi connectivity index (χ0n) is 10.6. The standard InChI is InChI=1S/C14H18N2O2/c1-2-8-15-14(18)11-6-7-12-10(9-11)4-3-5-13(17)16-12/h6-7,9H,2-5,8H2,1H3,(H,15,18)(H,16,17). The molecule has 1 aromatic rings. The third-order valence-corrected chi connectivity index (χ3v) is 3.03. The second kappa shape index (κ2) is 5.67. The Hall–Kier alpha value is -1.84. The maximum absolute atomic E-state index is 11.8. The molecule has 2 N–H and O–H groups in total. The Morgan fingerprint density at radius 1 is 1.39 bits per heavy atom. The maximum atomic E-state index is 11.8. The van der Waals surface area contributed by atoms with Gasteiger partial charge in [0.05, 0.1) is 0 Å². The zero-order chi connectivity index (χ0) is 13.0. The molecule has 0 aromatic heterocycles. The number of carbonyl (C=O) groups excluding carboxylic acids is 2. The molecule has 0 atom stereocenters. The van der Waals surface area contributed by atoms with E-state index in [9.17, 15) is 9.59 Å². The Kier molecular flexibility index (Phi) is 3.97. The Morgan fingerprint density at radius 2 is 2.22 bits per heavy atom. The Balaban J connectivity index is 2.18. The molecule has 2 amide bonds. The van der Waals surface area contributed by atoms with E-state index in [0.29, 0.717) is 18.5 Å². The summed E-state index contributed by atoms with van der Waals surface area (Å²) in [5, 5.41) is 5.71. The molecule has 0 aliphatic carbocycles. The average molecular weight is 246 g/mol. The van der Waals surface area contributed by atoms with Crippen molar-refractivity contribution in [1.29, 1.82) is 0 Å². The molecule has 0 fully saturated rings. The van der Waals surface area contributed by atoms with Crippen LogP contribution in [0, 0.1) is 0 Å². The highest BCUT2D eigenvalue weighted by molar-refractivity contribution is 5.97. The third kappa shape index (κ3) is 2.88. The van der Waals surface area contributed by atoms with Gasteiger partial charge in [-0.25, -0.2) is 0 Å². The summed E-state index contributed by atoms with van der Waals surface area (Å²) in [5.74, 6) is 0.00663. The van der Waals surface area contributed by atoms with Gasteiger partial charge in [-0.05, 0) is 43.0 Å². The number of carbonyl (C=O) groups is 2. The van der Waals surface area contributed by atoms with Gasteiger partial charge in [0, 0.05) is 24.2 Å². The lowest BCUT2D eigenvalue weighted by molar-refractivity contribution is -0.116. The molecule has 0 bridgehead atoms. The predicted molar refractivity (Wildman–Crippen MR) is 70.6 cm³/mol. The Labute approximate surface area is 107 Å². The third-order valence-electron chi connectivity index (χ3n) is 3.03. The van der Waals surface area contributed by atoms with Crippen molar-refractivity contribution in [2.45, 2.75) is 32.6 Å². The Morgan fingerprint density at radius 3 is 3.00 bits per heavy atom. The van der Waals surface area contributed by atoms with Crippen molar-refractivity contribution in [3.05, 3.63) is 29.3 Å². The van der Waals surface area contributed by atoms with Crippen LogP contribution >= 0.6 is 0 Å². The summed E-state index contributed by atoms with van der Waals surface area (Å²) in [6.07, 6.45) is 3.14. The van der Waals surface area contributed by atoms with E-state index < -0.39 is 0 Å². The monoisotopic (exact) mass is 246 g/mol. The number of fused-ring (bicyclic) bond motifs is 1.